The van der Waals surface area contributed by atoms with Gasteiger partial charge in [-0.25, -0.2) is 4.98 Å². The molecule has 0 bridgehead atoms. The number of nitrogens with zero attached hydrogens (tertiary/aromatic N) is 2. The predicted molar refractivity (Wildman–Crippen MR) is 138 cm³/mol. The number of aromatic nitrogens is 2. The quantitative estimate of drug-likeness (QED) is 0.378. The second-order valence-electron chi connectivity index (χ2n) is 9.60. The Balaban J connectivity index is 1.94. The number of hydrogen-bond acceptors (Lipinski definition) is 5. The van der Waals surface area contributed by atoms with Crippen LogP contribution in [0, 0.1) is 0 Å². The minimum absolute atomic E-state index is 0.0692. The van der Waals surface area contributed by atoms with Gasteiger partial charge >= 0.3 is 0 Å². The largest absolute Gasteiger partial charge is 0.489 e. The third kappa shape index (κ3) is 6.23. The Labute approximate surface area is 211 Å². The number of aryl methyl sites for hydroxylation is 1. The summed E-state index contributed by atoms with van der Waals surface area (Å²) >= 11 is 6.71. The van der Waals surface area contributed by atoms with E-state index in [0.29, 0.717) is 40.6 Å². The van der Waals surface area contributed by atoms with Gasteiger partial charge in [0.15, 0.2) is 0 Å². The summed E-state index contributed by atoms with van der Waals surface area (Å²) in [5.74, 6) is 0.247. The number of primary amides is 1. The number of imidazole rings is 1. The molecule has 7 nitrogen and oxygen atoms in total. The van der Waals surface area contributed by atoms with E-state index in [-0.39, 0.29) is 18.6 Å². The molecule has 1 heterocycles. The predicted octanol–water partition coefficient (Wildman–Crippen LogP) is 4.56. The molecule has 0 radical (unpaired) electrons. The second-order valence-corrected chi connectivity index (χ2v) is 9.98. The molecule has 1 amide bonds. The summed E-state index contributed by atoms with van der Waals surface area (Å²) in [6.07, 6.45) is 2.74. The zero-order chi connectivity index (χ0) is 25.9. The number of amides is 1. The van der Waals surface area contributed by atoms with Crippen LogP contribution in [0.15, 0.2) is 42.6 Å². The molecule has 3 rings (SSSR count). The van der Waals surface area contributed by atoms with E-state index in [1.54, 1.807) is 26.0 Å². The Morgan fingerprint density at radius 3 is 2.37 bits per heavy atom. The molecule has 4 N–H and O–H groups in total. The molecule has 0 spiro atoms. The van der Waals surface area contributed by atoms with E-state index < -0.39 is 11.5 Å². The van der Waals surface area contributed by atoms with Crippen LogP contribution in [0.5, 0.6) is 5.75 Å². The first kappa shape index (κ1) is 26.7. The van der Waals surface area contributed by atoms with Gasteiger partial charge in [-0.1, -0.05) is 35.9 Å². The van der Waals surface area contributed by atoms with E-state index >= 15 is 0 Å². The van der Waals surface area contributed by atoms with Crippen LogP contribution in [0.1, 0.15) is 67.3 Å². The molecule has 2 aromatic carbocycles. The minimum Gasteiger partial charge on any atom is -0.489 e. The maximum atomic E-state index is 12.2. The number of hydrogen-bond donors (Lipinski definition) is 3. The average molecular weight is 500 g/mol. The average Bonchev–Trinajstić information content (AvgIpc) is 3.17. The van der Waals surface area contributed by atoms with E-state index in [1.807, 2.05) is 55.9 Å². The molecule has 0 aliphatic carbocycles. The number of halogens is 1. The van der Waals surface area contributed by atoms with Crippen molar-refractivity contribution in [3.8, 4) is 17.0 Å². The summed E-state index contributed by atoms with van der Waals surface area (Å²) in [6, 6.07) is 11.2. The van der Waals surface area contributed by atoms with Gasteiger partial charge in [0.2, 0.25) is 5.91 Å². The molecule has 188 valence electrons. The Morgan fingerprint density at radius 1 is 1.20 bits per heavy atom. The topological polar surface area (TPSA) is 111 Å². The maximum absolute atomic E-state index is 12.2. The Morgan fingerprint density at radius 2 is 1.86 bits per heavy atom. The Kier molecular flexibility index (Phi) is 8.26. The van der Waals surface area contributed by atoms with Crippen LogP contribution in [0.2, 0.25) is 5.02 Å². The van der Waals surface area contributed by atoms with Crippen LogP contribution in [-0.2, 0) is 19.1 Å². The number of aliphatic hydroxyl groups is 2. The molecule has 0 fully saturated rings. The van der Waals surface area contributed by atoms with Gasteiger partial charge in [-0.3, -0.25) is 4.79 Å². The summed E-state index contributed by atoms with van der Waals surface area (Å²) in [5.41, 5.74) is 8.23. The molecule has 35 heavy (non-hydrogen) atoms. The van der Waals surface area contributed by atoms with Crippen molar-refractivity contribution in [2.75, 3.05) is 6.61 Å². The summed E-state index contributed by atoms with van der Waals surface area (Å²) in [5, 5.41) is 20.4. The third-order valence-corrected chi connectivity index (χ3v) is 6.20. The van der Waals surface area contributed by atoms with E-state index in [4.69, 9.17) is 22.1 Å². The van der Waals surface area contributed by atoms with Crippen molar-refractivity contribution < 1.29 is 19.7 Å². The molecule has 1 unspecified atom stereocenters. The standard InChI is InChI=1S/C27H34ClN3O4/c1-16(2)35-22-11-10-20(25(29)33)23(24(22)28)19(12-13-32)14-17-6-8-18(9-7-17)21-15-31(5)26(30-21)27(3,4)34/h6-11,15-16,19,32,34H,12-14H2,1-5H3,(H2,29,33). The number of carbonyl (C=O) groups is 1. The molecule has 3 aromatic rings. The normalized spacial score (nSPS) is 12.7. The van der Waals surface area contributed by atoms with Crippen LogP contribution in [0.4, 0.5) is 0 Å². The summed E-state index contributed by atoms with van der Waals surface area (Å²) in [4.78, 5) is 16.8. The number of carbonyl (C=O) groups excluding carboxylic acids is 1. The molecular formula is C27H34ClN3O4. The second kappa shape index (κ2) is 10.8. The highest BCUT2D eigenvalue weighted by atomic mass is 35.5. The van der Waals surface area contributed by atoms with Gasteiger partial charge in [0.1, 0.15) is 17.2 Å². The van der Waals surface area contributed by atoms with E-state index in [1.165, 1.54) is 0 Å². The summed E-state index contributed by atoms with van der Waals surface area (Å²) < 4.78 is 7.65. The molecule has 1 aromatic heterocycles. The van der Waals surface area contributed by atoms with Gasteiger partial charge in [-0.15, -0.1) is 0 Å². The van der Waals surface area contributed by atoms with Crippen molar-refractivity contribution in [2.45, 2.75) is 58.2 Å². The lowest BCUT2D eigenvalue weighted by molar-refractivity contribution is 0.0659. The third-order valence-electron chi connectivity index (χ3n) is 5.81. The van der Waals surface area contributed by atoms with Crippen LogP contribution >= 0.6 is 11.6 Å². The first-order valence-electron chi connectivity index (χ1n) is 11.7. The van der Waals surface area contributed by atoms with Crippen LogP contribution in [0.3, 0.4) is 0 Å². The molecule has 0 saturated carbocycles. The molecule has 0 aliphatic heterocycles. The van der Waals surface area contributed by atoms with Crippen molar-refractivity contribution in [3.63, 3.8) is 0 Å². The van der Waals surface area contributed by atoms with Gasteiger partial charge in [0, 0.05) is 31.0 Å². The van der Waals surface area contributed by atoms with Gasteiger partial charge in [-0.05, 0) is 69.7 Å². The number of nitrogens with two attached hydrogens (primary N) is 1. The van der Waals surface area contributed by atoms with Crippen LogP contribution in [0.25, 0.3) is 11.3 Å². The zero-order valence-electron chi connectivity index (χ0n) is 20.9. The molecule has 1 atom stereocenters. The Hall–Kier alpha value is -2.87. The number of aliphatic hydroxyl groups excluding tert-OH is 1. The molecule has 0 saturated heterocycles. The van der Waals surface area contributed by atoms with E-state index in [9.17, 15) is 15.0 Å². The highest BCUT2D eigenvalue weighted by molar-refractivity contribution is 6.33. The number of ether oxygens (including phenoxy) is 1. The number of benzene rings is 2. The van der Waals surface area contributed by atoms with Gasteiger partial charge in [0.05, 0.1) is 16.8 Å². The first-order valence-corrected chi connectivity index (χ1v) is 12.0. The SMILES string of the molecule is CC(C)Oc1ccc(C(N)=O)c(C(CCO)Cc2ccc(-c3cn(C)c(C(C)(C)O)n3)cc2)c1Cl. The minimum atomic E-state index is -1.05. The molecule has 8 heteroatoms. The first-order chi connectivity index (χ1) is 16.4. The Bertz CT molecular complexity index is 1180. The van der Waals surface area contributed by atoms with Crippen molar-refractivity contribution in [2.24, 2.45) is 12.8 Å². The lowest BCUT2D eigenvalue weighted by Gasteiger charge is -2.23. The summed E-state index contributed by atoms with van der Waals surface area (Å²) in [6.45, 7) is 7.14. The monoisotopic (exact) mass is 499 g/mol. The van der Waals surface area contributed by atoms with Gasteiger partial charge < -0.3 is 25.3 Å². The van der Waals surface area contributed by atoms with Crippen molar-refractivity contribution >= 4 is 17.5 Å². The van der Waals surface area contributed by atoms with Crippen molar-refractivity contribution in [1.29, 1.82) is 0 Å². The fourth-order valence-corrected chi connectivity index (χ4v) is 4.67. The van der Waals surface area contributed by atoms with Crippen molar-refractivity contribution in [3.05, 3.63) is 70.1 Å². The molecular weight excluding hydrogens is 466 g/mol. The van der Waals surface area contributed by atoms with Gasteiger partial charge in [0.25, 0.3) is 0 Å². The smallest absolute Gasteiger partial charge is 0.249 e. The lowest BCUT2D eigenvalue weighted by atomic mass is 9.86. The number of rotatable bonds is 10. The maximum Gasteiger partial charge on any atom is 0.249 e. The van der Waals surface area contributed by atoms with Gasteiger partial charge in [-0.2, -0.15) is 0 Å². The fraction of sp³-hybridized carbons (Fsp3) is 0.407. The van der Waals surface area contributed by atoms with E-state index in [2.05, 4.69) is 4.98 Å². The van der Waals surface area contributed by atoms with Crippen LogP contribution in [-0.4, -0.2) is 38.4 Å². The van der Waals surface area contributed by atoms with E-state index in [0.717, 1.165) is 16.8 Å². The highest BCUT2D eigenvalue weighted by Crippen LogP contribution is 2.39. The molecule has 0 aliphatic rings. The summed E-state index contributed by atoms with van der Waals surface area (Å²) in [7, 11) is 1.86. The highest BCUT2D eigenvalue weighted by Gasteiger charge is 2.25. The fourth-order valence-electron chi connectivity index (χ4n) is 4.31. The van der Waals surface area contributed by atoms with Crippen LogP contribution < -0.4 is 10.5 Å². The lowest BCUT2D eigenvalue weighted by Crippen LogP contribution is -2.20. The zero-order valence-corrected chi connectivity index (χ0v) is 21.6. The van der Waals surface area contributed by atoms with Crippen molar-refractivity contribution in [1.82, 2.24) is 9.55 Å².